The maximum Gasteiger partial charge on any atom is 0.269 e. The van der Waals surface area contributed by atoms with Gasteiger partial charge >= 0.3 is 0 Å². The molecule has 1 aliphatic rings. The minimum Gasteiger partial charge on any atom is -0.339 e. The van der Waals surface area contributed by atoms with Crippen LogP contribution < -0.4 is 0 Å². The first-order chi connectivity index (χ1) is 11.3. The summed E-state index contributed by atoms with van der Waals surface area (Å²) in [5, 5.41) is 14.6. The standard InChI is InChI=1S/C14H16N4O5S/c1-24(21,22)17-8-2-3-11(9-17)14-15-13(16-23-14)10-4-6-12(7-5-10)18(19)20/h4-7,11H,2-3,8-9H2,1H3/t11-/m1/s1. The second kappa shape index (κ2) is 6.29. The van der Waals surface area contributed by atoms with Crippen LogP contribution in [0.2, 0.25) is 0 Å². The lowest BCUT2D eigenvalue weighted by Gasteiger charge is -2.28. The molecule has 128 valence electrons. The molecule has 2 aromatic rings. The third-order valence-corrected chi connectivity index (χ3v) is 5.25. The number of aromatic nitrogens is 2. The molecular weight excluding hydrogens is 336 g/mol. The van der Waals surface area contributed by atoms with Gasteiger partial charge in [-0.1, -0.05) is 5.16 Å². The molecule has 10 heteroatoms. The van der Waals surface area contributed by atoms with E-state index in [0.717, 1.165) is 12.8 Å². The van der Waals surface area contributed by atoms with Gasteiger partial charge < -0.3 is 4.52 Å². The van der Waals surface area contributed by atoms with E-state index >= 15 is 0 Å². The largest absolute Gasteiger partial charge is 0.339 e. The Bertz CT molecular complexity index is 846. The lowest BCUT2D eigenvalue weighted by molar-refractivity contribution is -0.384. The van der Waals surface area contributed by atoms with Crippen LogP contribution in [0.15, 0.2) is 28.8 Å². The summed E-state index contributed by atoms with van der Waals surface area (Å²) in [4.78, 5) is 14.5. The Balaban J connectivity index is 1.79. The Kier molecular flexibility index (Phi) is 4.33. The van der Waals surface area contributed by atoms with Crippen molar-refractivity contribution >= 4 is 15.7 Å². The molecule has 0 aliphatic carbocycles. The summed E-state index contributed by atoms with van der Waals surface area (Å²) in [6, 6.07) is 5.85. The molecule has 0 saturated carbocycles. The predicted octanol–water partition coefficient (Wildman–Crippen LogP) is 1.78. The highest BCUT2D eigenvalue weighted by molar-refractivity contribution is 7.88. The molecule has 9 nitrogen and oxygen atoms in total. The van der Waals surface area contributed by atoms with E-state index in [-0.39, 0.29) is 11.6 Å². The normalized spacial score (nSPS) is 19.3. The summed E-state index contributed by atoms with van der Waals surface area (Å²) in [5.74, 6) is 0.570. The van der Waals surface area contributed by atoms with Crippen LogP contribution in [0.4, 0.5) is 5.69 Å². The van der Waals surface area contributed by atoms with Crippen molar-refractivity contribution < 1.29 is 17.9 Å². The minimum atomic E-state index is -3.25. The number of nitrogens with zero attached hydrogens (tertiary/aromatic N) is 4. The fourth-order valence-electron chi connectivity index (χ4n) is 2.70. The lowest BCUT2D eigenvalue weighted by Crippen LogP contribution is -2.38. The lowest BCUT2D eigenvalue weighted by atomic mass is 10.00. The Morgan fingerprint density at radius 2 is 2.04 bits per heavy atom. The number of hydrogen-bond donors (Lipinski definition) is 0. The molecule has 0 bridgehead atoms. The zero-order valence-electron chi connectivity index (χ0n) is 13.0. The van der Waals surface area contributed by atoms with E-state index in [4.69, 9.17) is 4.52 Å². The van der Waals surface area contributed by atoms with Gasteiger partial charge in [-0.05, 0) is 25.0 Å². The predicted molar refractivity (Wildman–Crippen MR) is 84.8 cm³/mol. The van der Waals surface area contributed by atoms with Crippen molar-refractivity contribution in [1.82, 2.24) is 14.4 Å². The van der Waals surface area contributed by atoms with E-state index in [1.165, 1.54) is 22.7 Å². The van der Waals surface area contributed by atoms with Crippen LogP contribution >= 0.6 is 0 Å². The fourth-order valence-corrected chi connectivity index (χ4v) is 3.61. The SMILES string of the molecule is CS(=O)(=O)N1CCC[C@@H](c2nc(-c3ccc([N+](=O)[O-])cc3)no2)C1. The summed E-state index contributed by atoms with van der Waals surface area (Å²) >= 11 is 0. The topological polar surface area (TPSA) is 119 Å². The fraction of sp³-hybridized carbons (Fsp3) is 0.429. The Labute approximate surface area is 138 Å². The van der Waals surface area contributed by atoms with Gasteiger partial charge in [0.25, 0.3) is 5.69 Å². The first kappa shape index (κ1) is 16.5. The molecule has 3 rings (SSSR count). The second-order valence-electron chi connectivity index (χ2n) is 5.72. The number of non-ortho nitro benzene ring substituents is 1. The molecular formula is C14H16N4O5S. The summed E-state index contributed by atoms with van der Waals surface area (Å²) in [6.07, 6.45) is 2.69. The number of nitro benzene ring substituents is 1. The Morgan fingerprint density at radius 1 is 1.33 bits per heavy atom. The smallest absolute Gasteiger partial charge is 0.269 e. The average molecular weight is 352 g/mol. The number of benzene rings is 1. The third-order valence-electron chi connectivity index (χ3n) is 3.98. The quantitative estimate of drug-likeness (QED) is 0.607. The first-order valence-corrected chi connectivity index (χ1v) is 9.23. The summed E-state index contributed by atoms with van der Waals surface area (Å²) in [6.45, 7) is 0.819. The second-order valence-corrected chi connectivity index (χ2v) is 7.70. The molecule has 0 spiro atoms. The van der Waals surface area contributed by atoms with Crippen molar-refractivity contribution in [2.75, 3.05) is 19.3 Å². The van der Waals surface area contributed by atoms with Crippen molar-refractivity contribution in [2.24, 2.45) is 0 Å². The zero-order valence-corrected chi connectivity index (χ0v) is 13.8. The van der Waals surface area contributed by atoms with Crippen LogP contribution in [-0.4, -0.2) is 47.1 Å². The van der Waals surface area contributed by atoms with E-state index < -0.39 is 14.9 Å². The van der Waals surface area contributed by atoms with Crippen LogP contribution in [0.25, 0.3) is 11.4 Å². The van der Waals surface area contributed by atoms with Crippen molar-refractivity contribution in [3.05, 3.63) is 40.3 Å². The molecule has 1 saturated heterocycles. The molecule has 0 radical (unpaired) electrons. The van der Waals surface area contributed by atoms with Crippen LogP contribution in [0.1, 0.15) is 24.7 Å². The number of nitro groups is 1. The van der Waals surface area contributed by atoms with Gasteiger partial charge in [-0.15, -0.1) is 0 Å². The molecule has 1 atom stereocenters. The van der Waals surface area contributed by atoms with Crippen LogP contribution in [0.5, 0.6) is 0 Å². The van der Waals surface area contributed by atoms with Crippen LogP contribution in [0, 0.1) is 10.1 Å². The monoisotopic (exact) mass is 352 g/mol. The number of rotatable bonds is 4. The van der Waals surface area contributed by atoms with Gasteiger partial charge in [-0.25, -0.2) is 12.7 Å². The highest BCUT2D eigenvalue weighted by Crippen LogP contribution is 2.29. The zero-order chi connectivity index (χ0) is 17.3. The van der Waals surface area contributed by atoms with Crippen LogP contribution in [0.3, 0.4) is 0 Å². The molecule has 0 unspecified atom stereocenters. The minimum absolute atomic E-state index is 0.0152. The molecule has 0 N–H and O–H groups in total. The van der Waals surface area contributed by atoms with E-state index in [0.29, 0.717) is 30.4 Å². The van der Waals surface area contributed by atoms with Crippen molar-refractivity contribution in [3.8, 4) is 11.4 Å². The van der Waals surface area contributed by atoms with Gasteiger partial charge in [0.1, 0.15) is 0 Å². The maximum atomic E-state index is 11.7. The van der Waals surface area contributed by atoms with E-state index in [1.807, 2.05) is 0 Å². The van der Waals surface area contributed by atoms with Gasteiger partial charge in [0.2, 0.25) is 21.7 Å². The number of piperidine rings is 1. The van der Waals surface area contributed by atoms with Gasteiger partial charge in [0, 0.05) is 30.8 Å². The van der Waals surface area contributed by atoms with Gasteiger partial charge in [0.05, 0.1) is 17.1 Å². The molecule has 1 aromatic heterocycles. The number of sulfonamides is 1. The Hall–Kier alpha value is -2.33. The summed E-state index contributed by atoms with van der Waals surface area (Å²) in [7, 11) is -3.25. The maximum absolute atomic E-state index is 11.7. The molecule has 24 heavy (non-hydrogen) atoms. The van der Waals surface area contributed by atoms with Crippen molar-refractivity contribution in [3.63, 3.8) is 0 Å². The molecule has 1 fully saturated rings. The highest BCUT2D eigenvalue weighted by atomic mass is 32.2. The average Bonchev–Trinajstić information content (AvgIpc) is 3.04. The summed E-state index contributed by atoms with van der Waals surface area (Å²) < 4.78 is 30.1. The summed E-state index contributed by atoms with van der Waals surface area (Å²) in [5.41, 5.74) is 0.588. The van der Waals surface area contributed by atoms with Crippen molar-refractivity contribution in [2.45, 2.75) is 18.8 Å². The Morgan fingerprint density at radius 3 is 2.67 bits per heavy atom. The van der Waals surface area contributed by atoms with Crippen LogP contribution in [-0.2, 0) is 10.0 Å². The number of hydrogen-bond acceptors (Lipinski definition) is 7. The highest BCUT2D eigenvalue weighted by Gasteiger charge is 2.30. The van der Waals surface area contributed by atoms with E-state index in [9.17, 15) is 18.5 Å². The first-order valence-electron chi connectivity index (χ1n) is 7.38. The molecule has 1 aliphatic heterocycles. The molecule has 0 amide bonds. The molecule has 2 heterocycles. The third kappa shape index (κ3) is 3.44. The van der Waals surface area contributed by atoms with Gasteiger partial charge in [0.15, 0.2) is 0 Å². The molecule has 1 aromatic carbocycles. The van der Waals surface area contributed by atoms with Crippen molar-refractivity contribution in [1.29, 1.82) is 0 Å². The van der Waals surface area contributed by atoms with Gasteiger partial charge in [-0.3, -0.25) is 10.1 Å². The van der Waals surface area contributed by atoms with E-state index in [1.54, 1.807) is 12.1 Å². The van der Waals surface area contributed by atoms with E-state index in [2.05, 4.69) is 10.1 Å². The van der Waals surface area contributed by atoms with Gasteiger partial charge in [-0.2, -0.15) is 4.98 Å².